The van der Waals surface area contributed by atoms with Crippen LogP contribution in [0.1, 0.15) is 30.4 Å². The van der Waals surface area contributed by atoms with Crippen LogP contribution in [0, 0.1) is 11.3 Å². The smallest absolute Gasteiger partial charge is 0.434 e. The molecule has 5 nitrogen and oxygen atoms in total. The van der Waals surface area contributed by atoms with Crippen LogP contribution in [-0.4, -0.2) is 22.5 Å². The number of unbranched alkanes of at least 4 members (excludes halogenated alkanes) is 2. The molecule has 0 saturated heterocycles. The molecular weight excluding hydrogens is 266 g/mol. The van der Waals surface area contributed by atoms with Crippen LogP contribution in [-0.2, 0) is 11.2 Å². The molecule has 0 unspecified atom stereocenters. The number of benzene rings is 1. The highest BCUT2D eigenvalue weighted by atomic mass is 16.6. The van der Waals surface area contributed by atoms with E-state index in [4.69, 9.17) is 10.00 Å². The fourth-order valence-electron chi connectivity index (χ4n) is 1.96. The molecule has 0 radical (unpaired) electrons. The number of hydrogen-bond donors (Lipinski definition) is 0. The summed E-state index contributed by atoms with van der Waals surface area (Å²) < 4.78 is 6.13. The number of carbonyl (C=O) groups is 1. The van der Waals surface area contributed by atoms with E-state index in [1.165, 1.54) is 18.0 Å². The van der Waals surface area contributed by atoms with Crippen molar-refractivity contribution in [2.75, 3.05) is 6.61 Å². The highest BCUT2D eigenvalue weighted by Crippen LogP contribution is 2.06. The number of nitrogens with zero attached hydrogens (tertiary/aromatic N) is 3. The standard InChI is InChI=1S/C16H17N3O2/c17-11-15-12-18-19(13-15)16(20)21-10-6-2-5-9-14-7-3-1-4-8-14/h1,3-4,7-8,12-13H,2,5-6,9-10H2. The lowest BCUT2D eigenvalue weighted by Gasteiger charge is -2.04. The number of hydrogen-bond acceptors (Lipinski definition) is 4. The van der Waals surface area contributed by atoms with E-state index in [0.29, 0.717) is 12.2 Å². The van der Waals surface area contributed by atoms with Crippen molar-refractivity contribution in [3.8, 4) is 6.07 Å². The van der Waals surface area contributed by atoms with E-state index < -0.39 is 6.09 Å². The van der Waals surface area contributed by atoms with Crippen molar-refractivity contribution >= 4 is 6.09 Å². The molecule has 1 aromatic carbocycles. The predicted molar refractivity (Wildman–Crippen MR) is 77.7 cm³/mol. The van der Waals surface area contributed by atoms with Crippen LogP contribution in [0.3, 0.4) is 0 Å². The van der Waals surface area contributed by atoms with E-state index in [-0.39, 0.29) is 0 Å². The van der Waals surface area contributed by atoms with Gasteiger partial charge >= 0.3 is 6.09 Å². The van der Waals surface area contributed by atoms with E-state index in [1.54, 1.807) is 0 Å². The Bertz CT molecular complexity index is 614. The van der Waals surface area contributed by atoms with Crippen molar-refractivity contribution in [3.63, 3.8) is 0 Å². The Kier molecular flexibility index (Phi) is 5.53. The van der Waals surface area contributed by atoms with Crippen molar-refractivity contribution < 1.29 is 9.53 Å². The number of aromatic nitrogens is 2. The number of rotatable bonds is 6. The molecule has 0 bridgehead atoms. The molecule has 108 valence electrons. The zero-order valence-electron chi connectivity index (χ0n) is 11.7. The second-order valence-corrected chi connectivity index (χ2v) is 4.70. The molecule has 21 heavy (non-hydrogen) atoms. The molecular formula is C16H17N3O2. The molecule has 0 saturated carbocycles. The largest absolute Gasteiger partial charge is 0.448 e. The van der Waals surface area contributed by atoms with Crippen LogP contribution in [0.15, 0.2) is 42.7 Å². The minimum absolute atomic E-state index is 0.342. The minimum atomic E-state index is -0.542. The number of aryl methyl sites for hydroxylation is 1. The van der Waals surface area contributed by atoms with E-state index in [0.717, 1.165) is 30.4 Å². The summed E-state index contributed by atoms with van der Waals surface area (Å²) in [6.07, 6.45) is 6.09. The second kappa shape index (κ2) is 7.85. The maximum absolute atomic E-state index is 11.6. The van der Waals surface area contributed by atoms with E-state index in [9.17, 15) is 4.79 Å². The van der Waals surface area contributed by atoms with Gasteiger partial charge in [0.15, 0.2) is 0 Å². The monoisotopic (exact) mass is 283 g/mol. The molecule has 0 aliphatic rings. The summed E-state index contributed by atoms with van der Waals surface area (Å²) in [7, 11) is 0. The first kappa shape index (κ1) is 14.8. The fourth-order valence-corrected chi connectivity index (χ4v) is 1.96. The SMILES string of the molecule is N#Cc1cnn(C(=O)OCCCCCc2ccccc2)c1. The molecule has 0 spiro atoms. The van der Waals surface area contributed by atoms with Gasteiger partial charge in [-0.3, -0.25) is 0 Å². The Morgan fingerprint density at radius 2 is 2.05 bits per heavy atom. The molecule has 2 aromatic rings. The molecule has 1 heterocycles. The van der Waals surface area contributed by atoms with Gasteiger partial charge in [-0.25, -0.2) is 4.79 Å². The first-order valence-corrected chi connectivity index (χ1v) is 6.95. The average Bonchev–Trinajstić information content (AvgIpc) is 3.00. The summed E-state index contributed by atoms with van der Waals surface area (Å²) in [5.74, 6) is 0. The normalized spacial score (nSPS) is 10.0. The molecule has 0 fully saturated rings. The van der Waals surface area contributed by atoms with Crippen LogP contribution in [0.25, 0.3) is 0 Å². The summed E-state index contributed by atoms with van der Waals surface area (Å²) in [6, 6.07) is 12.2. The van der Waals surface area contributed by atoms with Crippen molar-refractivity contribution in [1.29, 1.82) is 5.26 Å². The molecule has 1 aromatic heterocycles. The molecule has 0 atom stereocenters. The van der Waals surface area contributed by atoms with Gasteiger partial charge in [0.1, 0.15) is 6.07 Å². The van der Waals surface area contributed by atoms with Crippen molar-refractivity contribution in [1.82, 2.24) is 9.78 Å². The topological polar surface area (TPSA) is 67.9 Å². The summed E-state index contributed by atoms with van der Waals surface area (Å²) in [5.41, 5.74) is 1.67. The zero-order chi connectivity index (χ0) is 14.9. The highest BCUT2D eigenvalue weighted by Gasteiger charge is 2.07. The molecule has 2 rings (SSSR count). The quantitative estimate of drug-likeness (QED) is 0.764. The molecule has 0 aliphatic carbocycles. The van der Waals surface area contributed by atoms with Gasteiger partial charge in [0.2, 0.25) is 0 Å². The van der Waals surface area contributed by atoms with Gasteiger partial charge in [-0.05, 0) is 31.2 Å². The van der Waals surface area contributed by atoms with Gasteiger partial charge in [-0.2, -0.15) is 15.0 Å². The molecule has 0 amide bonds. The second-order valence-electron chi connectivity index (χ2n) is 4.70. The zero-order valence-corrected chi connectivity index (χ0v) is 11.7. The van der Waals surface area contributed by atoms with Gasteiger partial charge in [0, 0.05) is 0 Å². The Labute approximate surface area is 123 Å². The first-order valence-electron chi connectivity index (χ1n) is 6.95. The van der Waals surface area contributed by atoms with Crippen LogP contribution in [0.2, 0.25) is 0 Å². The summed E-state index contributed by atoms with van der Waals surface area (Å²) in [5, 5.41) is 12.4. The summed E-state index contributed by atoms with van der Waals surface area (Å²) in [4.78, 5) is 11.6. The third-order valence-corrected chi connectivity index (χ3v) is 3.08. The highest BCUT2D eigenvalue weighted by molar-refractivity contribution is 5.69. The maximum Gasteiger partial charge on any atom is 0.434 e. The minimum Gasteiger partial charge on any atom is -0.448 e. The van der Waals surface area contributed by atoms with Crippen LogP contribution in [0.5, 0.6) is 0 Å². The third-order valence-electron chi connectivity index (χ3n) is 3.08. The van der Waals surface area contributed by atoms with Gasteiger partial charge in [-0.1, -0.05) is 30.3 Å². The number of carbonyl (C=O) groups excluding carboxylic acids is 1. The van der Waals surface area contributed by atoms with Crippen LogP contribution in [0.4, 0.5) is 4.79 Å². The lowest BCUT2D eigenvalue weighted by Crippen LogP contribution is -2.14. The van der Waals surface area contributed by atoms with E-state index >= 15 is 0 Å². The summed E-state index contributed by atoms with van der Waals surface area (Å²) >= 11 is 0. The van der Waals surface area contributed by atoms with Crippen LogP contribution < -0.4 is 0 Å². The number of ether oxygens (including phenoxy) is 1. The van der Waals surface area contributed by atoms with E-state index in [1.807, 2.05) is 24.3 Å². The fraction of sp³-hybridized carbons (Fsp3) is 0.312. The first-order chi connectivity index (χ1) is 10.3. The molecule has 0 aliphatic heterocycles. The Morgan fingerprint density at radius 1 is 1.24 bits per heavy atom. The van der Waals surface area contributed by atoms with Crippen molar-refractivity contribution in [2.45, 2.75) is 25.7 Å². The summed E-state index contributed by atoms with van der Waals surface area (Å²) in [6.45, 7) is 0.370. The Hall–Kier alpha value is -2.61. The van der Waals surface area contributed by atoms with E-state index in [2.05, 4.69) is 17.2 Å². The molecule has 0 N–H and O–H groups in total. The van der Waals surface area contributed by atoms with Gasteiger partial charge in [-0.15, -0.1) is 0 Å². The van der Waals surface area contributed by atoms with Gasteiger partial charge in [0.05, 0.1) is 24.6 Å². The van der Waals surface area contributed by atoms with Gasteiger partial charge in [0.25, 0.3) is 0 Å². The Morgan fingerprint density at radius 3 is 2.76 bits per heavy atom. The van der Waals surface area contributed by atoms with Gasteiger partial charge < -0.3 is 4.74 Å². The van der Waals surface area contributed by atoms with Crippen LogP contribution >= 0.6 is 0 Å². The lowest BCUT2D eigenvalue weighted by atomic mass is 10.1. The van der Waals surface area contributed by atoms with Crippen molar-refractivity contribution in [3.05, 3.63) is 53.9 Å². The Balaban J connectivity index is 1.59. The molecule has 5 heteroatoms. The maximum atomic E-state index is 11.6. The number of nitriles is 1. The third kappa shape index (κ3) is 4.77. The van der Waals surface area contributed by atoms with Crippen molar-refractivity contribution in [2.24, 2.45) is 0 Å². The predicted octanol–water partition coefficient (Wildman–Crippen LogP) is 3.15. The lowest BCUT2D eigenvalue weighted by molar-refractivity contribution is 0.142. The average molecular weight is 283 g/mol.